The van der Waals surface area contributed by atoms with Gasteiger partial charge in [-0.05, 0) is 43.5 Å². The number of allylic oxidation sites excluding steroid dienone is 2. The lowest BCUT2D eigenvalue weighted by Crippen LogP contribution is -2.38. The topological polar surface area (TPSA) is 48.4 Å². The normalized spacial score (nSPS) is 25.0. The molecule has 2 aliphatic carbocycles. The molecule has 0 radical (unpaired) electrons. The van der Waals surface area contributed by atoms with Gasteiger partial charge in [0.1, 0.15) is 5.78 Å². The Morgan fingerprint density at radius 2 is 2.04 bits per heavy atom. The van der Waals surface area contributed by atoms with E-state index in [1.54, 1.807) is 26.4 Å². The molecule has 1 heterocycles. The molecule has 2 aliphatic rings. The standard InChI is InChI=1S/C21H27NO3/c1-16(23)14-20(17-9-12-22-13-10-17)18-6-5-11-21(15-18,24-2)25-19-7-3-4-8-19/h5-6,9-13,19-20H,3-4,7-8,14-15H2,1-2H3. The highest BCUT2D eigenvalue weighted by Gasteiger charge is 2.37. The highest BCUT2D eigenvalue weighted by Crippen LogP contribution is 2.39. The molecule has 1 aromatic rings. The first-order chi connectivity index (χ1) is 12.1. The van der Waals surface area contributed by atoms with E-state index in [4.69, 9.17) is 9.47 Å². The van der Waals surface area contributed by atoms with E-state index in [0.717, 1.165) is 18.4 Å². The van der Waals surface area contributed by atoms with E-state index >= 15 is 0 Å². The van der Waals surface area contributed by atoms with Crippen LogP contribution < -0.4 is 0 Å². The van der Waals surface area contributed by atoms with Gasteiger partial charge in [0.25, 0.3) is 0 Å². The van der Waals surface area contributed by atoms with Gasteiger partial charge < -0.3 is 9.47 Å². The van der Waals surface area contributed by atoms with Crippen LogP contribution in [0.3, 0.4) is 0 Å². The molecule has 0 aromatic carbocycles. The van der Waals surface area contributed by atoms with Crippen molar-refractivity contribution in [2.45, 2.75) is 63.3 Å². The molecule has 3 rings (SSSR count). The molecule has 4 heteroatoms. The summed E-state index contributed by atoms with van der Waals surface area (Å²) < 4.78 is 12.2. The number of hydrogen-bond acceptors (Lipinski definition) is 4. The van der Waals surface area contributed by atoms with Crippen LogP contribution in [0.4, 0.5) is 0 Å². The Morgan fingerprint density at radius 3 is 2.68 bits per heavy atom. The van der Waals surface area contributed by atoms with Crippen molar-refractivity contribution in [1.29, 1.82) is 0 Å². The second-order valence-corrected chi connectivity index (χ2v) is 7.06. The van der Waals surface area contributed by atoms with Crippen molar-refractivity contribution in [1.82, 2.24) is 4.98 Å². The zero-order chi connectivity index (χ0) is 17.7. The maximum atomic E-state index is 11.9. The summed E-state index contributed by atoms with van der Waals surface area (Å²) in [6.45, 7) is 1.64. The van der Waals surface area contributed by atoms with Crippen LogP contribution in [-0.4, -0.2) is 29.8 Å². The largest absolute Gasteiger partial charge is 0.349 e. The van der Waals surface area contributed by atoms with Crippen molar-refractivity contribution >= 4 is 5.78 Å². The molecule has 0 aliphatic heterocycles. The first-order valence-electron chi connectivity index (χ1n) is 9.12. The summed E-state index contributed by atoms with van der Waals surface area (Å²) in [7, 11) is 1.70. The monoisotopic (exact) mass is 341 g/mol. The van der Waals surface area contributed by atoms with Crippen LogP contribution in [0.15, 0.2) is 48.3 Å². The summed E-state index contributed by atoms with van der Waals surface area (Å²) >= 11 is 0. The van der Waals surface area contributed by atoms with Gasteiger partial charge in [0, 0.05) is 38.3 Å². The van der Waals surface area contributed by atoms with Crippen molar-refractivity contribution in [3.63, 3.8) is 0 Å². The van der Waals surface area contributed by atoms with Gasteiger partial charge in [-0.15, -0.1) is 0 Å². The number of rotatable bonds is 7. The van der Waals surface area contributed by atoms with Crippen LogP contribution in [-0.2, 0) is 14.3 Å². The minimum absolute atomic E-state index is 0.0344. The zero-order valence-corrected chi connectivity index (χ0v) is 15.1. The summed E-state index contributed by atoms with van der Waals surface area (Å²) in [4.78, 5) is 16.0. The molecule has 1 aromatic heterocycles. The second-order valence-electron chi connectivity index (χ2n) is 7.06. The predicted octanol–water partition coefficient (Wildman–Crippen LogP) is 4.33. The summed E-state index contributed by atoms with van der Waals surface area (Å²) in [5, 5.41) is 0. The van der Waals surface area contributed by atoms with E-state index < -0.39 is 5.79 Å². The van der Waals surface area contributed by atoms with Crippen LogP contribution in [0.25, 0.3) is 0 Å². The van der Waals surface area contributed by atoms with Gasteiger partial charge in [-0.25, -0.2) is 0 Å². The number of carbonyl (C=O) groups excluding carboxylic acids is 1. The van der Waals surface area contributed by atoms with E-state index in [1.807, 2.05) is 24.3 Å². The molecule has 2 unspecified atom stereocenters. The molecule has 25 heavy (non-hydrogen) atoms. The summed E-state index contributed by atoms with van der Waals surface area (Å²) in [5.74, 6) is -0.509. The molecule has 0 saturated heterocycles. The van der Waals surface area contributed by atoms with Crippen LogP contribution in [0.1, 0.15) is 56.9 Å². The Hall–Kier alpha value is -1.78. The second kappa shape index (κ2) is 8.07. The van der Waals surface area contributed by atoms with E-state index in [0.29, 0.717) is 12.8 Å². The highest BCUT2D eigenvalue weighted by atomic mass is 16.7. The van der Waals surface area contributed by atoms with E-state index in [2.05, 4.69) is 11.1 Å². The lowest BCUT2D eigenvalue weighted by Gasteiger charge is -2.36. The Kier molecular flexibility index (Phi) is 5.82. The van der Waals surface area contributed by atoms with Gasteiger partial charge in [0.05, 0.1) is 6.10 Å². The maximum Gasteiger partial charge on any atom is 0.191 e. The minimum atomic E-state index is -0.721. The molecule has 4 nitrogen and oxygen atoms in total. The highest BCUT2D eigenvalue weighted by molar-refractivity contribution is 5.77. The van der Waals surface area contributed by atoms with Crippen molar-refractivity contribution in [2.24, 2.45) is 0 Å². The molecule has 0 spiro atoms. The average Bonchev–Trinajstić information content (AvgIpc) is 3.13. The Morgan fingerprint density at radius 1 is 1.32 bits per heavy atom. The molecule has 1 saturated carbocycles. The number of hydrogen-bond donors (Lipinski definition) is 0. The molecule has 134 valence electrons. The lowest BCUT2D eigenvalue weighted by atomic mass is 9.82. The quantitative estimate of drug-likeness (QED) is 0.693. The number of nitrogens with zero attached hydrogens (tertiary/aromatic N) is 1. The number of methoxy groups -OCH3 is 1. The van der Waals surface area contributed by atoms with E-state index in [9.17, 15) is 4.79 Å². The fraction of sp³-hybridized carbons (Fsp3) is 0.524. The third-order valence-corrected chi connectivity index (χ3v) is 5.17. The molecular weight excluding hydrogens is 314 g/mol. The molecular formula is C21H27NO3. The number of carbonyl (C=O) groups is 1. The summed E-state index contributed by atoms with van der Waals surface area (Å²) in [5.41, 5.74) is 2.28. The van der Waals surface area contributed by atoms with Gasteiger partial charge in [0.2, 0.25) is 0 Å². The predicted molar refractivity (Wildman–Crippen MR) is 97.2 cm³/mol. The van der Waals surface area contributed by atoms with Crippen molar-refractivity contribution in [3.05, 3.63) is 53.9 Å². The Labute approximate surface area is 149 Å². The van der Waals surface area contributed by atoms with Gasteiger partial charge in [-0.1, -0.05) is 30.6 Å². The first-order valence-corrected chi connectivity index (χ1v) is 9.12. The fourth-order valence-electron chi connectivity index (χ4n) is 3.86. The fourth-order valence-corrected chi connectivity index (χ4v) is 3.86. The van der Waals surface area contributed by atoms with Crippen molar-refractivity contribution < 1.29 is 14.3 Å². The SMILES string of the molecule is COC1(OC2CCCC2)C=CC=C(C(CC(C)=O)c2ccncc2)C1. The van der Waals surface area contributed by atoms with Crippen LogP contribution in [0.5, 0.6) is 0 Å². The van der Waals surface area contributed by atoms with Crippen LogP contribution >= 0.6 is 0 Å². The van der Waals surface area contributed by atoms with Gasteiger partial charge >= 0.3 is 0 Å². The molecule has 1 fully saturated rings. The van der Waals surface area contributed by atoms with E-state index in [-0.39, 0.29) is 17.8 Å². The Bertz CT molecular complexity index is 646. The van der Waals surface area contributed by atoms with Crippen molar-refractivity contribution in [2.75, 3.05) is 7.11 Å². The molecule has 2 atom stereocenters. The number of Topliss-reactive ketones (excluding diaryl/α,β-unsaturated/α-hetero) is 1. The number of ether oxygens (including phenoxy) is 2. The molecule has 0 N–H and O–H groups in total. The van der Waals surface area contributed by atoms with Crippen LogP contribution in [0, 0.1) is 0 Å². The number of pyridine rings is 1. The van der Waals surface area contributed by atoms with Gasteiger partial charge in [0.15, 0.2) is 5.79 Å². The molecule has 0 amide bonds. The summed E-state index contributed by atoms with van der Waals surface area (Å²) in [6, 6.07) is 3.97. The van der Waals surface area contributed by atoms with Gasteiger partial charge in [-0.2, -0.15) is 0 Å². The Balaban J connectivity index is 1.82. The average molecular weight is 341 g/mol. The summed E-state index contributed by atoms with van der Waals surface area (Å²) in [6.07, 6.45) is 15.7. The number of ketones is 1. The van der Waals surface area contributed by atoms with Crippen molar-refractivity contribution in [3.8, 4) is 0 Å². The maximum absolute atomic E-state index is 11.9. The third kappa shape index (κ3) is 4.44. The molecule has 0 bridgehead atoms. The third-order valence-electron chi connectivity index (χ3n) is 5.17. The smallest absolute Gasteiger partial charge is 0.191 e. The van der Waals surface area contributed by atoms with Gasteiger partial charge in [-0.3, -0.25) is 9.78 Å². The minimum Gasteiger partial charge on any atom is -0.349 e. The van der Waals surface area contributed by atoms with Crippen LogP contribution in [0.2, 0.25) is 0 Å². The number of aromatic nitrogens is 1. The van der Waals surface area contributed by atoms with E-state index in [1.165, 1.54) is 18.4 Å². The first kappa shape index (κ1) is 18.0. The zero-order valence-electron chi connectivity index (χ0n) is 15.1. The lowest BCUT2D eigenvalue weighted by molar-refractivity contribution is -0.213.